The van der Waals surface area contributed by atoms with Crippen LogP contribution in [0.2, 0.25) is 0 Å². The lowest BCUT2D eigenvalue weighted by Crippen LogP contribution is -2.53. The molecular weight excluding hydrogens is 256 g/mol. The average molecular weight is 286 g/mol. The molecule has 0 aromatic heterocycles. The number of likely N-dealkylation sites (tertiary alicyclic amines) is 1. The zero-order chi connectivity index (χ0) is 14.8. The van der Waals surface area contributed by atoms with Crippen molar-refractivity contribution in [2.75, 3.05) is 13.1 Å². The van der Waals surface area contributed by atoms with Crippen LogP contribution in [0.15, 0.2) is 24.3 Å². The molecule has 2 fully saturated rings. The van der Waals surface area contributed by atoms with E-state index < -0.39 is 0 Å². The summed E-state index contributed by atoms with van der Waals surface area (Å²) in [5.41, 5.74) is 9.25. The largest absolute Gasteiger partial charge is 0.327 e. The van der Waals surface area contributed by atoms with Crippen molar-refractivity contribution in [3.63, 3.8) is 0 Å². The third-order valence-corrected chi connectivity index (χ3v) is 5.61. The molecule has 0 amide bonds. The van der Waals surface area contributed by atoms with Crippen LogP contribution < -0.4 is 5.73 Å². The molecule has 1 saturated carbocycles. The van der Waals surface area contributed by atoms with Crippen molar-refractivity contribution in [3.8, 4) is 0 Å². The second-order valence-electron chi connectivity index (χ2n) is 7.23. The third-order valence-electron chi connectivity index (χ3n) is 5.61. The Morgan fingerprint density at radius 1 is 1.29 bits per heavy atom. The fraction of sp³-hybridized carbons (Fsp3) is 0.684. The minimum atomic E-state index is 0.332. The van der Waals surface area contributed by atoms with E-state index >= 15 is 0 Å². The first-order valence-electron chi connectivity index (χ1n) is 8.73. The first kappa shape index (κ1) is 15.1. The summed E-state index contributed by atoms with van der Waals surface area (Å²) in [4.78, 5) is 2.71. The second kappa shape index (κ2) is 6.50. The van der Waals surface area contributed by atoms with Crippen LogP contribution in [0.5, 0.6) is 0 Å². The minimum absolute atomic E-state index is 0.332. The monoisotopic (exact) mass is 286 g/mol. The summed E-state index contributed by atoms with van der Waals surface area (Å²) in [5.74, 6) is 1.54. The number of rotatable bonds is 4. The first-order valence-corrected chi connectivity index (χ1v) is 8.73. The lowest BCUT2D eigenvalue weighted by Gasteiger charge is -2.46. The number of hydrogen-bond acceptors (Lipinski definition) is 2. The Morgan fingerprint density at radius 3 is 2.71 bits per heavy atom. The van der Waals surface area contributed by atoms with Gasteiger partial charge in [0.05, 0.1) is 0 Å². The molecule has 1 aliphatic heterocycles. The molecule has 2 nitrogen and oxygen atoms in total. The standard InChI is InChI=1S/C19H30N2/c1-3-19(15-7-5-8-15)21-12-17(11-18(20)13-21)16-9-4-6-14(2)10-16/h4,6,9-10,15,17-19H,3,5,7-8,11-13,20H2,1-2H3. The fourth-order valence-corrected chi connectivity index (χ4v) is 4.32. The molecule has 1 aromatic carbocycles. The summed E-state index contributed by atoms with van der Waals surface area (Å²) in [7, 11) is 0. The zero-order valence-corrected chi connectivity index (χ0v) is 13.6. The highest BCUT2D eigenvalue weighted by atomic mass is 15.2. The molecule has 1 saturated heterocycles. The molecule has 3 unspecified atom stereocenters. The Hall–Kier alpha value is -0.860. The van der Waals surface area contributed by atoms with E-state index in [0.717, 1.165) is 24.9 Å². The van der Waals surface area contributed by atoms with Crippen molar-refractivity contribution >= 4 is 0 Å². The SMILES string of the molecule is CCC(C1CCC1)N1CC(N)CC(c2cccc(C)c2)C1. The van der Waals surface area contributed by atoms with Gasteiger partial charge in [0, 0.05) is 25.2 Å². The van der Waals surface area contributed by atoms with E-state index in [1.54, 1.807) is 0 Å². The molecule has 0 radical (unpaired) electrons. The van der Waals surface area contributed by atoms with Gasteiger partial charge in [0.15, 0.2) is 0 Å². The van der Waals surface area contributed by atoms with E-state index in [4.69, 9.17) is 5.73 Å². The summed E-state index contributed by atoms with van der Waals surface area (Å²) in [6.45, 7) is 6.83. The molecule has 0 bridgehead atoms. The zero-order valence-electron chi connectivity index (χ0n) is 13.6. The average Bonchev–Trinajstić information content (AvgIpc) is 2.42. The van der Waals surface area contributed by atoms with Crippen molar-refractivity contribution < 1.29 is 0 Å². The van der Waals surface area contributed by atoms with Gasteiger partial charge in [-0.05, 0) is 50.0 Å². The van der Waals surface area contributed by atoms with Gasteiger partial charge in [0.1, 0.15) is 0 Å². The molecule has 2 aliphatic rings. The highest BCUT2D eigenvalue weighted by Crippen LogP contribution is 2.37. The summed E-state index contributed by atoms with van der Waals surface area (Å²) in [6.07, 6.45) is 6.71. The molecule has 1 aliphatic carbocycles. The summed E-state index contributed by atoms with van der Waals surface area (Å²) < 4.78 is 0. The fourth-order valence-electron chi connectivity index (χ4n) is 4.32. The van der Waals surface area contributed by atoms with Gasteiger partial charge in [-0.2, -0.15) is 0 Å². The predicted molar refractivity (Wildman–Crippen MR) is 89.5 cm³/mol. The quantitative estimate of drug-likeness (QED) is 0.914. The van der Waals surface area contributed by atoms with Gasteiger partial charge in [-0.15, -0.1) is 0 Å². The van der Waals surface area contributed by atoms with Gasteiger partial charge in [-0.3, -0.25) is 4.90 Å². The number of nitrogens with zero attached hydrogens (tertiary/aromatic N) is 1. The van der Waals surface area contributed by atoms with Crippen molar-refractivity contribution in [1.82, 2.24) is 4.90 Å². The molecule has 3 atom stereocenters. The van der Waals surface area contributed by atoms with Crippen molar-refractivity contribution in [1.29, 1.82) is 0 Å². The Labute approximate surface area is 129 Å². The molecule has 2 N–H and O–H groups in total. The van der Waals surface area contributed by atoms with Gasteiger partial charge >= 0.3 is 0 Å². The number of aryl methyl sites for hydroxylation is 1. The lowest BCUT2D eigenvalue weighted by atomic mass is 9.76. The van der Waals surface area contributed by atoms with Crippen LogP contribution in [0.4, 0.5) is 0 Å². The Morgan fingerprint density at radius 2 is 2.10 bits per heavy atom. The van der Waals surface area contributed by atoms with E-state index in [-0.39, 0.29) is 0 Å². The second-order valence-corrected chi connectivity index (χ2v) is 7.23. The molecule has 21 heavy (non-hydrogen) atoms. The van der Waals surface area contributed by atoms with Gasteiger partial charge in [-0.25, -0.2) is 0 Å². The normalized spacial score (nSPS) is 29.1. The van der Waals surface area contributed by atoms with E-state index in [1.165, 1.54) is 43.4 Å². The topological polar surface area (TPSA) is 29.3 Å². The van der Waals surface area contributed by atoms with E-state index in [9.17, 15) is 0 Å². The van der Waals surface area contributed by atoms with Gasteiger partial charge in [0.25, 0.3) is 0 Å². The van der Waals surface area contributed by atoms with E-state index in [0.29, 0.717) is 12.0 Å². The summed E-state index contributed by atoms with van der Waals surface area (Å²) in [6, 6.07) is 10.1. The number of nitrogens with two attached hydrogens (primary N) is 1. The third kappa shape index (κ3) is 3.32. The molecule has 3 rings (SSSR count). The molecule has 1 aromatic rings. The van der Waals surface area contributed by atoms with Crippen LogP contribution in [0, 0.1) is 12.8 Å². The molecular formula is C19H30N2. The first-order chi connectivity index (χ1) is 10.2. The predicted octanol–water partition coefficient (Wildman–Crippen LogP) is 3.69. The molecule has 2 heteroatoms. The van der Waals surface area contributed by atoms with E-state index in [2.05, 4.69) is 43.0 Å². The van der Waals surface area contributed by atoms with Crippen LogP contribution in [-0.2, 0) is 0 Å². The van der Waals surface area contributed by atoms with Crippen LogP contribution >= 0.6 is 0 Å². The summed E-state index contributed by atoms with van der Waals surface area (Å²) >= 11 is 0. The van der Waals surface area contributed by atoms with Crippen LogP contribution in [-0.4, -0.2) is 30.1 Å². The highest BCUT2D eigenvalue weighted by molar-refractivity contribution is 5.26. The van der Waals surface area contributed by atoms with Gasteiger partial charge in [-0.1, -0.05) is 43.2 Å². The Bertz CT molecular complexity index is 466. The molecule has 116 valence electrons. The smallest absolute Gasteiger partial charge is 0.0174 e. The van der Waals surface area contributed by atoms with Crippen LogP contribution in [0.3, 0.4) is 0 Å². The number of piperidine rings is 1. The molecule has 0 spiro atoms. The summed E-state index contributed by atoms with van der Waals surface area (Å²) in [5, 5.41) is 0. The van der Waals surface area contributed by atoms with Crippen LogP contribution in [0.1, 0.15) is 56.1 Å². The van der Waals surface area contributed by atoms with Crippen LogP contribution in [0.25, 0.3) is 0 Å². The Balaban J connectivity index is 1.74. The minimum Gasteiger partial charge on any atom is -0.327 e. The van der Waals surface area contributed by atoms with Crippen molar-refractivity contribution in [2.24, 2.45) is 11.7 Å². The van der Waals surface area contributed by atoms with Crippen molar-refractivity contribution in [3.05, 3.63) is 35.4 Å². The maximum atomic E-state index is 6.40. The van der Waals surface area contributed by atoms with Gasteiger partial charge in [0.2, 0.25) is 0 Å². The maximum absolute atomic E-state index is 6.40. The number of hydrogen-bond donors (Lipinski definition) is 1. The van der Waals surface area contributed by atoms with Crippen molar-refractivity contribution in [2.45, 2.75) is 64.0 Å². The maximum Gasteiger partial charge on any atom is 0.0174 e. The highest BCUT2D eigenvalue weighted by Gasteiger charge is 2.35. The number of benzene rings is 1. The lowest BCUT2D eigenvalue weighted by molar-refractivity contribution is 0.0605. The van der Waals surface area contributed by atoms with Gasteiger partial charge < -0.3 is 5.73 Å². The van der Waals surface area contributed by atoms with E-state index in [1.807, 2.05) is 0 Å². The Kier molecular flexibility index (Phi) is 4.66. The molecule has 1 heterocycles.